The van der Waals surface area contributed by atoms with E-state index < -0.39 is 6.04 Å². The Hall–Kier alpha value is -2.21. The van der Waals surface area contributed by atoms with Crippen LogP contribution in [0.5, 0.6) is 0 Å². The summed E-state index contributed by atoms with van der Waals surface area (Å²) < 4.78 is 0. The van der Waals surface area contributed by atoms with Crippen LogP contribution in [0.4, 0.5) is 5.69 Å². The number of benzene rings is 1. The second-order valence-corrected chi connectivity index (χ2v) is 4.60. The molecule has 1 amide bonds. The molecular formula is C14H19N5O. The van der Waals surface area contributed by atoms with E-state index in [0.29, 0.717) is 6.42 Å². The first-order valence-corrected chi connectivity index (χ1v) is 6.74. The maximum atomic E-state index is 11.9. The number of nitrogens with two attached hydrogens (primary N) is 1. The fraction of sp³-hybridized carbons (Fsp3) is 0.357. The quantitative estimate of drug-likeness (QED) is 0.839. The topological polar surface area (TPSA) is 85.8 Å². The number of hydrogen-bond donors (Lipinski definition) is 2. The highest BCUT2D eigenvalue weighted by molar-refractivity contribution is 5.94. The lowest BCUT2D eigenvalue weighted by atomic mass is 10.1. The lowest BCUT2D eigenvalue weighted by molar-refractivity contribution is -0.117. The summed E-state index contributed by atoms with van der Waals surface area (Å²) in [4.78, 5) is 13.4. The summed E-state index contributed by atoms with van der Waals surface area (Å²) in [6, 6.07) is 6.84. The maximum absolute atomic E-state index is 11.9. The third-order valence-corrected chi connectivity index (χ3v) is 2.99. The van der Waals surface area contributed by atoms with E-state index >= 15 is 0 Å². The van der Waals surface area contributed by atoms with Gasteiger partial charge in [0.25, 0.3) is 0 Å². The first-order chi connectivity index (χ1) is 9.70. The van der Waals surface area contributed by atoms with Gasteiger partial charge in [-0.1, -0.05) is 19.8 Å². The molecule has 1 aromatic carbocycles. The van der Waals surface area contributed by atoms with Crippen molar-refractivity contribution in [1.29, 1.82) is 0 Å². The Labute approximate surface area is 118 Å². The minimum absolute atomic E-state index is 0.150. The van der Waals surface area contributed by atoms with E-state index in [2.05, 4.69) is 22.4 Å². The van der Waals surface area contributed by atoms with Gasteiger partial charge in [-0.3, -0.25) is 4.79 Å². The van der Waals surface area contributed by atoms with Crippen molar-refractivity contribution >= 4 is 11.6 Å². The van der Waals surface area contributed by atoms with E-state index in [1.807, 2.05) is 24.3 Å². The molecule has 0 saturated heterocycles. The van der Waals surface area contributed by atoms with Crippen molar-refractivity contribution in [3.63, 3.8) is 0 Å². The molecule has 0 unspecified atom stereocenters. The Morgan fingerprint density at radius 2 is 1.95 bits per heavy atom. The predicted octanol–water partition coefficient (Wildman–Crippen LogP) is 1.72. The molecule has 20 heavy (non-hydrogen) atoms. The lowest BCUT2D eigenvalue weighted by Crippen LogP contribution is -2.35. The molecule has 0 aliphatic rings. The van der Waals surface area contributed by atoms with E-state index in [-0.39, 0.29) is 5.91 Å². The molecule has 2 rings (SSSR count). The molecule has 3 N–H and O–H groups in total. The van der Waals surface area contributed by atoms with Gasteiger partial charge in [0.2, 0.25) is 5.91 Å². The van der Waals surface area contributed by atoms with Gasteiger partial charge in [0.15, 0.2) is 0 Å². The number of amides is 1. The number of nitrogens with one attached hydrogen (secondary N) is 1. The molecule has 6 nitrogen and oxygen atoms in total. The average Bonchev–Trinajstić information content (AvgIpc) is 2.99. The molecule has 1 atom stereocenters. The smallest absolute Gasteiger partial charge is 0.241 e. The average molecular weight is 273 g/mol. The van der Waals surface area contributed by atoms with Gasteiger partial charge in [0.05, 0.1) is 24.1 Å². The van der Waals surface area contributed by atoms with Crippen LogP contribution in [0, 0.1) is 0 Å². The minimum Gasteiger partial charge on any atom is -0.325 e. The molecule has 0 spiro atoms. The highest BCUT2D eigenvalue weighted by Gasteiger charge is 2.12. The Bertz CT molecular complexity index is 535. The first-order valence-electron chi connectivity index (χ1n) is 6.74. The summed E-state index contributed by atoms with van der Waals surface area (Å²) in [7, 11) is 0. The van der Waals surface area contributed by atoms with Crippen LogP contribution in [0.3, 0.4) is 0 Å². The van der Waals surface area contributed by atoms with Crippen molar-refractivity contribution in [1.82, 2.24) is 15.0 Å². The van der Waals surface area contributed by atoms with E-state index in [1.165, 1.54) is 4.80 Å². The summed E-state index contributed by atoms with van der Waals surface area (Å²) >= 11 is 0. The molecule has 1 heterocycles. The van der Waals surface area contributed by atoms with Crippen LogP contribution in [0.15, 0.2) is 36.7 Å². The third-order valence-electron chi connectivity index (χ3n) is 2.99. The molecule has 2 aromatic rings. The number of anilines is 1. The Kier molecular flexibility index (Phi) is 4.84. The minimum atomic E-state index is -0.456. The standard InChI is InChI=1S/C14H19N5O/c1-2-3-4-13(15)14(20)18-11-5-7-12(8-6-11)19-16-9-10-17-19/h5-10,13H,2-4,15H2,1H3,(H,18,20)/t13-/m0/s1. The van der Waals surface area contributed by atoms with Gasteiger partial charge in [-0.15, -0.1) is 0 Å². The van der Waals surface area contributed by atoms with Crippen LogP contribution >= 0.6 is 0 Å². The van der Waals surface area contributed by atoms with Gasteiger partial charge in [0, 0.05) is 5.69 Å². The second kappa shape index (κ2) is 6.81. The van der Waals surface area contributed by atoms with Gasteiger partial charge in [-0.2, -0.15) is 15.0 Å². The number of nitrogens with zero attached hydrogens (tertiary/aromatic N) is 3. The van der Waals surface area contributed by atoms with Crippen molar-refractivity contribution in [2.24, 2.45) is 5.73 Å². The highest BCUT2D eigenvalue weighted by Crippen LogP contribution is 2.12. The Morgan fingerprint density at radius 3 is 2.55 bits per heavy atom. The Morgan fingerprint density at radius 1 is 1.30 bits per heavy atom. The van der Waals surface area contributed by atoms with Crippen LogP contribution in [0.1, 0.15) is 26.2 Å². The van der Waals surface area contributed by atoms with Gasteiger partial charge >= 0.3 is 0 Å². The van der Waals surface area contributed by atoms with E-state index in [1.54, 1.807) is 12.4 Å². The zero-order valence-electron chi connectivity index (χ0n) is 11.5. The fourth-order valence-electron chi connectivity index (χ4n) is 1.82. The van der Waals surface area contributed by atoms with E-state index in [9.17, 15) is 4.79 Å². The number of rotatable bonds is 6. The normalized spacial score (nSPS) is 12.1. The van der Waals surface area contributed by atoms with E-state index in [0.717, 1.165) is 24.2 Å². The van der Waals surface area contributed by atoms with Crippen molar-refractivity contribution < 1.29 is 4.79 Å². The molecule has 0 radical (unpaired) electrons. The van der Waals surface area contributed by atoms with Gasteiger partial charge in [-0.25, -0.2) is 0 Å². The van der Waals surface area contributed by atoms with Gasteiger partial charge in [-0.05, 0) is 30.7 Å². The van der Waals surface area contributed by atoms with Gasteiger partial charge < -0.3 is 11.1 Å². The Balaban J connectivity index is 1.95. The van der Waals surface area contributed by atoms with Crippen molar-refractivity contribution in [3.05, 3.63) is 36.7 Å². The predicted molar refractivity (Wildman–Crippen MR) is 77.5 cm³/mol. The molecule has 0 aliphatic heterocycles. The largest absolute Gasteiger partial charge is 0.325 e. The number of unbranched alkanes of at least 4 members (excludes halogenated alkanes) is 1. The van der Waals surface area contributed by atoms with Crippen LogP contribution < -0.4 is 11.1 Å². The summed E-state index contributed by atoms with van der Waals surface area (Å²) in [6.07, 6.45) is 5.92. The number of carbonyl (C=O) groups excluding carboxylic acids is 1. The number of carbonyl (C=O) groups is 1. The summed E-state index contributed by atoms with van der Waals surface area (Å²) in [5.74, 6) is -0.150. The molecule has 1 aromatic heterocycles. The second-order valence-electron chi connectivity index (χ2n) is 4.60. The SMILES string of the molecule is CCCC[C@H](N)C(=O)Nc1ccc(-n2nccn2)cc1. The molecular weight excluding hydrogens is 254 g/mol. The molecule has 106 valence electrons. The zero-order valence-corrected chi connectivity index (χ0v) is 11.5. The lowest BCUT2D eigenvalue weighted by Gasteiger charge is -2.12. The van der Waals surface area contributed by atoms with Crippen molar-refractivity contribution in [2.45, 2.75) is 32.2 Å². The monoisotopic (exact) mass is 273 g/mol. The summed E-state index contributed by atoms with van der Waals surface area (Å²) in [6.45, 7) is 2.08. The molecule has 0 fully saturated rings. The molecule has 6 heteroatoms. The van der Waals surface area contributed by atoms with Crippen LogP contribution in [-0.4, -0.2) is 26.9 Å². The van der Waals surface area contributed by atoms with Crippen molar-refractivity contribution in [3.8, 4) is 5.69 Å². The molecule has 0 bridgehead atoms. The maximum Gasteiger partial charge on any atom is 0.241 e. The molecule has 0 saturated carbocycles. The van der Waals surface area contributed by atoms with E-state index in [4.69, 9.17) is 5.73 Å². The summed E-state index contributed by atoms with van der Waals surface area (Å²) in [5, 5.41) is 10.9. The van der Waals surface area contributed by atoms with Crippen molar-refractivity contribution in [2.75, 3.05) is 5.32 Å². The van der Waals surface area contributed by atoms with Crippen LogP contribution in [-0.2, 0) is 4.79 Å². The molecule has 0 aliphatic carbocycles. The van der Waals surface area contributed by atoms with Crippen LogP contribution in [0.2, 0.25) is 0 Å². The number of aromatic nitrogens is 3. The fourth-order valence-corrected chi connectivity index (χ4v) is 1.82. The first kappa shape index (κ1) is 14.2. The van der Waals surface area contributed by atoms with Crippen LogP contribution in [0.25, 0.3) is 5.69 Å². The zero-order chi connectivity index (χ0) is 14.4. The summed E-state index contributed by atoms with van der Waals surface area (Å²) in [5.41, 5.74) is 7.38. The number of hydrogen-bond acceptors (Lipinski definition) is 4. The van der Waals surface area contributed by atoms with Gasteiger partial charge in [0.1, 0.15) is 0 Å². The third kappa shape index (κ3) is 3.64. The highest BCUT2D eigenvalue weighted by atomic mass is 16.2.